The van der Waals surface area contributed by atoms with Crippen molar-refractivity contribution >= 4 is 0 Å². The van der Waals surface area contributed by atoms with Crippen LogP contribution >= 0.6 is 0 Å². The molecule has 1 fully saturated rings. The minimum Gasteiger partial charge on any atom is -0.494 e. The quantitative estimate of drug-likeness (QED) is 0.262. The monoisotopic (exact) mass is 520 g/mol. The molecular weight excluding hydrogens is 479 g/mol. The lowest BCUT2D eigenvalue weighted by atomic mass is 9.98. The van der Waals surface area contributed by atoms with Gasteiger partial charge in [0.05, 0.1) is 19.8 Å². The predicted octanol–water partition coefficient (Wildman–Crippen LogP) is 6.83. The third-order valence-electron chi connectivity index (χ3n) is 6.90. The van der Waals surface area contributed by atoms with Gasteiger partial charge in [0.1, 0.15) is 23.1 Å². The van der Waals surface area contributed by atoms with Crippen molar-refractivity contribution in [1.29, 1.82) is 0 Å². The molecule has 0 bridgehead atoms. The number of rotatable bonds is 12. The maximum atomic E-state index is 14.1. The van der Waals surface area contributed by atoms with Crippen LogP contribution in [0.5, 0.6) is 17.2 Å². The lowest BCUT2D eigenvalue weighted by molar-refractivity contribution is 0.160. The Morgan fingerprint density at radius 2 is 1.76 bits per heavy atom. The van der Waals surface area contributed by atoms with Gasteiger partial charge in [0.25, 0.3) is 0 Å². The lowest BCUT2D eigenvalue weighted by Crippen LogP contribution is -2.32. The first-order valence-electron chi connectivity index (χ1n) is 13.9. The van der Waals surface area contributed by atoms with E-state index in [1.54, 1.807) is 6.07 Å². The number of likely N-dealkylation sites (tertiary alicyclic amines) is 1. The van der Waals surface area contributed by atoms with Gasteiger partial charge in [-0.3, -0.25) is 4.98 Å². The van der Waals surface area contributed by atoms with Crippen molar-refractivity contribution in [3.63, 3.8) is 0 Å². The van der Waals surface area contributed by atoms with Gasteiger partial charge in [-0.05, 0) is 100 Å². The zero-order chi connectivity index (χ0) is 26.9. The zero-order valence-electron chi connectivity index (χ0n) is 23.2. The molecule has 2 heterocycles. The Labute approximate surface area is 226 Å². The van der Waals surface area contributed by atoms with Crippen LogP contribution in [-0.2, 0) is 12.8 Å². The molecule has 0 N–H and O–H groups in total. The summed E-state index contributed by atoms with van der Waals surface area (Å²) in [5, 5.41) is 0. The maximum Gasteiger partial charge on any atom is 0.130 e. The molecule has 0 radical (unpaired) electrons. The smallest absolute Gasteiger partial charge is 0.130 e. The van der Waals surface area contributed by atoms with Crippen molar-refractivity contribution in [2.45, 2.75) is 46.5 Å². The minimum absolute atomic E-state index is 0.271. The summed E-state index contributed by atoms with van der Waals surface area (Å²) in [6.45, 7) is 10.3. The average Bonchev–Trinajstić information content (AvgIpc) is 2.91. The normalized spacial score (nSPS) is 14.6. The number of aromatic nitrogens is 1. The second-order valence-corrected chi connectivity index (χ2v) is 10.7. The standard InChI is InChI=1S/C32H41FN2O3/c1-5-36-29-10-11-31(32(19-29)38-22-24-12-14-35(4)15-13-24)26-7-9-28(34-20-26)8-6-25-16-27(33)18-30(17-25)37-21-23(2)3/h7,9-11,16-20,23-24H,5-6,8,12-15,21-22H2,1-4H3. The van der Waals surface area contributed by atoms with Gasteiger partial charge in [-0.15, -0.1) is 0 Å². The van der Waals surface area contributed by atoms with Gasteiger partial charge in [-0.25, -0.2) is 4.39 Å². The van der Waals surface area contributed by atoms with Crippen LogP contribution in [-0.4, -0.2) is 49.8 Å². The fraction of sp³-hybridized carbons (Fsp3) is 0.469. The molecule has 2 aromatic carbocycles. The summed E-state index contributed by atoms with van der Waals surface area (Å²) in [6.07, 6.45) is 5.62. The van der Waals surface area contributed by atoms with E-state index in [9.17, 15) is 4.39 Å². The molecule has 3 aromatic rings. The topological polar surface area (TPSA) is 43.8 Å². The van der Waals surface area contributed by atoms with E-state index in [1.165, 1.54) is 6.07 Å². The Bertz CT molecular complexity index is 1160. The summed E-state index contributed by atoms with van der Waals surface area (Å²) in [6, 6.07) is 15.1. The molecule has 0 aliphatic carbocycles. The Balaban J connectivity index is 1.42. The number of halogens is 1. The first-order valence-corrected chi connectivity index (χ1v) is 13.9. The Morgan fingerprint density at radius 1 is 0.947 bits per heavy atom. The molecule has 1 aliphatic heterocycles. The van der Waals surface area contributed by atoms with Crippen LogP contribution in [0.25, 0.3) is 11.1 Å². The van der Waals surface area contributed by atoms with Crippen LogP contribution in [0.3, 0.4) is 0 Å². The highest BCUT2D eigenvalue weighted by molar-refractivity contribution is 5.71. The van der Waals surface area contributed by atoms with Crippen molar-refractivity contribution < 1.29 is 18.6 Å². The number of hydrogen-bond acceptors (Lipinski definition) is 5. The van der Waals surface area contributed by atoms with Crippen molar-refractivity contribution in [1.82, 2.24) is 9.88 Å². The Morgan fingerprint density at radius 3 is 2.47 bits per heavy atom. The fourth-order valence-electron chi connectivity index (χ4n) is 4.67. The van der Waals surface area contributed by atoms with E-state index in [4.69, 9.17) is 19.2 Å². The summed E-state index contributed by atoms with van der Waals surface area (Å²) >= 11 is 0. The molecule has 5 nitrogen and oxygen atoms in total. The highest BCUT2D eigenvalue weighted by Gasteiger charge is 2.18. The van der Waals surface area contributed by atoms with Gasteiger partial charge >= 0.3 is 0 Å². The zero-order valence-corrected chi connectivity index (χ0v) is 23.2. The summed E-state index contributed by atoms with van der Waals surface area (Å²) in [4.78, 5) is 7.09. The van der Waals surface area contributed by atoms with E-state index in [1.807, 2.05) is 37.4 Å². The first kappa shape index (κ1) is 27.9. The number of benzene rings is 2. The lowest BCUT2D eigenvalue weighted by Gasteiger charge is -2.29. The Hall–Kier alpha value is -3.12. The van der Waals surface area contributed by atoms with E-state index in [-0.39, 0.29) is 5.82 Å². The molecule has 204 valence electrons. The summed E-state index contributed by atoms with van der Waals surface area (Å²) in [5.41, 5.74) is 3.89. The number of nitrogens with zero attached hydrogens (tertiary/aromatic N) is 2. The summed E-state index contributed by atoms with van der Waals surface area (Å²) in [7, 11) is 2.18. The highest BCUT2D eigenvalue weighted by atomic mass is 19.1. The first-order chi connectivity index (χ1) is 18.4. The van der Waals surface area contributed by atoms with Crippen LogP contribution in [0.4, 0.5) is 4.39 Å². The van der Waals surface area contributed by atoms with E-state index in [2.05, 4.69) is 37.9 Å². The van der Waals surface area contributed by atoms with E-state index >= 15 is 0 Å². The molecule has 0 unspecified atom stereocenters. The van der Waals surface area contributed by atoms with Crippen molar-refractivity contribution in [3.05, 3.63) is 71.8 Å². The van der Waals surface area contributed by atoms with Crippen LogP contribution < -0.4 is 14.2 Å². The van der Waals surface area contributed by atoms with Crippen LogP contribution in [0, 0.1) is 17.7 Å². The van der Waals surface area contributed by atoms with Crippen LogP contribution in [0.15, 0.2) is 54.7 Å². The molecule has 0 spiro atoms. The molecule has 1 saturated heterocycles. The van der Waals surface area contributed by atoms with Crippen molar-refractivity contribution in [2.24, 2.45) is 11.8 Å². The SMILES string of the molecule is CCOc1ccc(-c2ccc(CCc3cc(F)cc(OCC(C)C)c3)nc2)c(OCC2CCN(C)CC2)c1. The van der Waals surface area contributed by atoms with E-state index in [0.29, 0.717) is 43.8 Å². The van der Waals surface area contributed by atoms with Gasteiger partial charge in [-0.2, -0.15) is 0 Å². The van der Waals surface area contributed by atoms with Gasteiger partial charge in [0, 0.05) is 35.2 Å². The van der Waals surface area contributed by atoms with Crippen LogP contribution in [0.2, 0.25) is 0 Å². The number of pyridine rings is 1. The number of ether oxygens (including phenoxy) is 3. The number of piperidine rings is 1. The molecule has 1 aliphatic rings. The minimum atomic E-state index is -0.271. The van der Waals surface area contributed by atoms with Gasteiger partial charge in [0.15, 0.2) is 0 Å². The third kappa shape index (κ3) is 8.19. The van der Waals surface area contributed by atoms with Crippen molar-refractivity contribution in [3.8, 4) is 28.4 Å². The molecule has 4 rings (SSSR count). The van der Waals surface area contributed by atoms with Gasteiger partial charge in [0.2, 0.25) is 0 Å². The third-order valence-corrected chi connectivity index (χ3v) is 6.90. The maximum absolute atomic E-state index is 14.1. The fourth-order valence-corrected chi connectivity index (χ4v) is 4.67. The largest absolute Gasteiger partial charge is 0.494 e. The van der Waals surface area contributed by atoms with E-state index < -0.39 is 0 Å². The van der Waals surface area contributed by atoms with Gasteiger partial charge < -0.3 is 19.1 Å². The molecule has 38 heavy (non-hydrogen) atoms. The average molecular weight is 521 g/mol. The molecule has 1 aromatic heterocycles. The second kappa shape index (κ2) is 13.6. The van der Waals surface area contributed by atoms with Crippen LogP contribution in [0.1, 0.15) is 44.9 Å². The Kier molecular flexibility index (Phi) is 9.99. The predicted molar refractivity (Wildman–Crippen MR) is 151 cm³/mol. The highest BCUT2D eigenvalue weighted by Crippen LogP contribution is 2.34. The molecule has 0 amide bonds. The van der Waals surface area contributed by atoms with Crippen molar-refractivity contribution in [2.75, 3.05) is 40.0 Å². The summed E-state index contributed by atoms with van der Waals surface area (Å²) < 4.78 is 32.0. The molecule has 6 heteroatoms. The van der Waals surface area contributed by atoms with E-state index in [0.717, 1.165) is 66.2 Å². The number of hydrogen-bond donors (Lipinski definition) is 0. The van der Waals surface area contributed by atoms with Gasteiger partial charge in [-0.1, -0.05) is 19.9 Å². The summed E-state index contributed by atoms with van der Waals surface area (Å²) in [5.74, 6) is 2.91. The molecule has 0 saturated carbocycles. The molecular formula is C32H41FN2O3. The number of aryl methyl sites for hydroxylation is 2. The second-order valence-electron chi connectivity index (χ2n) is 10.7. The molecule has 0 atom stereocenters.